The van der Waals surface area contributed by atoms with Crippen LogP contribution in [0.25, 0.3) is 0 Å². The quantitative estimate of drug-likeness (QED) is 0.0423. The van der Waals surface area contributed by atoms with Crippen molar-refractivity contribution in [2.24, 2.45) is 0 Å². The first-order valence-corrected chi connectivity index (χ1v) is 162. The zero-order valence-corrected chi connectivity index (χ0v) is 112. The predicted molar refractivity (Wildman–Crippen MR) is 625 cm³/mol. The second-order valence-electron chi connectivity index (χ2n) is 25.5. The second kappa shape index (κ2) is 55.3. The Morgan fingerprint density at radius 1 is 0.283 bits per heavy atom. The van der Waals surface area contributed by atoms with Gasteiger partial charge in [0, 0.05) is 0 Å². The molecule has 0 saturated carbocycles. The van der Waals surface area contributed by atoms with E-state index >= 15 is 0 Å². The molecule has 0 unspecified atom stereocenters. The van der Waals surface area contributed by atoms with E-state index in [2.05, 4.69) is 440 Å². The molecule has 0 aromatic carbocycles. The molecule has 0 aromatic rings. The van der Waals surface area contributed by atoms with Gasteiger partial charge in [-0.3, -0.25) is 0 Å². The molecule has 0 radical (unpaired) electrons. The maximum absolute atomic E-state index is 2.90. The fourth-order valence-electron chi connectivity index (χ4n) is 9.64. The monoisotopic (exact) mass is 2980 g/mol. The number of thioether (sulfide) groups is 15. The Morgan fingerprint density at radius 2 is 0.538 bits per heavy atom. The molecular weight excluding hydrogens is 2880 g/mol. The summed E-state index contributed by atoms with van der Waals surface area (Å²) in [7, 11) is 57.6. The van der Waals surface area contributed by atoms with Crippen molar-refractivity contribution in [3.8, 4) is 0 Å². The van der Waals surface area contributed by atoms with Crippen LogP contribution in [0.1, 0.15) is 0 Å². The molecule has 0 amide bonds. The molecule has 18 rings (SSSR count). The van der Waals surface area contributed by atoms with Gasteiger partial charge in [0.2, 0.25) is 0 Å². The van der Waals surface area contributed by atoms with Gasteiger partial charge in [-0.1, -0.05) is 0 Å². The van der Waals surface area contributed by atoms with Crippen LogP contribution >= 0.6 is 415 Å². The molecule has 0 aromatic heterocycles. The number of rotatable bonds is 39. The summed E-state index contributed by atoms with van der Waals surface area (Å²) in [6.45, 7) is 0. The third kappa shape index (κ3) is 33.9. The third-order valence-electron chi connectivity index (χ3n) is 16.7. The first-order valence-electron chi connectivity index (χ1n) is 35.3. The fraction of sp³-hybridized carbons (Fsp3) is 1.00. The van der Waals surface area contributed by atoms with Gasteiger partial charge in [0.15, 0.2) is 0 Å². The summed E-state index contributed by atoms with van der Waals surface area (Å²) in [5.41, 5.74) is 0. The number of hydrogen-bond acceptors (Lipinski definition) is 42. The molecule has 618 valence electrons. The summed E-state index contributed by atoms with van der Waals surface area (Å²) in [5.74, 6) is 54.6. The van der Waals surface area contributed by atoms with E-state index in [0.717, 1.165) is 78.7 Å². The number of hydrogen-bond donors (Lipinski definition) is 0. The Kier molecular flexibility index (Phi) is 54.1. The van der Waals surface area contributed by atoms with Gasteiger partial charge in [0.1, 0.15) is 0 Å². The zero-order chi connectivity index (χ0) is 72.9. The van der Waals surface area contributed by atoms with E-state index in [4.69, 9.17) is 0 Å². The van der Waals surface area contributed by atoms with E-state index < -0.39 is 95.2 Å². The topological polar surface area (TPSA) is 0 Å². The van der Waals surface area contributed by atoms with Gasteiger partial charge in [0.05, 0.1) is 0 Å². The molecule has 0 spiro atoms. The Morgan fingerprint density at radius 3 is 0.783 bits per heavy atom. The van der Waals surface area contributed by atoms with Gasteiger partial charge >= 0.3 is 833 Å². The van der Waals surface area contributed by atoms with Crippen LogP contribution in [0.3, 0.4) is 0 Å². The SMILES string of the molecule is C1C[S][Sb]([S]C2CSC2)([S]C2CSC2)([S]C2CSC2)[S]1.C1C[S][Sb]([S]C2CSC2)[S]1.C1C[S][Sb]([S]CC[S][Sb]([S]C2CSC2)[S]C2CSC2)[S]1.C[S][Sb]([S]C)([S]C1CSC1)([S]C1CSC1)[S]C1CSC1.C[S][Sb]([S]C1CSC1)([S]C1CSC1)([S]C1CSC1)[S]C1CSC1.C[S][Sb]([S]C1CSC1)[S]C1CSC1. The Hall–Kier alpha value is 20.4. The van der Waals surface area contributed by atoms with E-state index in [9.17, 15) is 0 Å². The van der Waals surface area contributed by atoms with Crippen LogP contribution in [0.2, 0.25) is 0 Å². The maximum atomic E-state index is 2.56. The molecule has 18 fully saturated rings. The molecule has 106 heavy (non-hydrogen) atoms. The van der Waals surface area contributed by atoms with Crippen molar-refractivity contribution >= 4 is 511 Å². The summed E-state index contributed by atoms with van der Waals surface area (Å²) in [6.07, 6.45) is 9.71. The van der Waals surface area contributed by atoms with Crippen molar-refractivity contribution in [1.82, 2.24) is 0 Å². The summed E-state index contributed by atoms with van der Waals surface area (Å²) >= 11 is 28.6. The molecule has 0 atom stereocenters. The van der Waals surface area contributed by atoms with Gasteiger partial charge in [-0.05, 0) is 0 Å². The van der Waals surface area contributed by atoms with Crippen LogP contribution in [0.5, 0.6) is 0 Å². The van der Waals surface area contributed by atoms with E-state index in [1.54, 1.807) is 0 Å². The van der Waals surface area contributed by atoms with Crippen LogP contribution in [0.4, 0.5) is 0 Å². The fourth-order valence-corrected chi connectivity index (χ4v) is 406. The molecular formula is C57H103S42Sb7. The normalized spacial score (nSPS) is 28.6. The molecule has 0 N–H and O–H groups in total. The standard InChI is InChI=1S/15C3H6S2.4C2H6S2.4CH4S.7Sb/c15*4-3-1-5-2-3;4*3-1-2-4;4*1-2;;;;;;;/h15*3-4H,1-2H2;4*3-4H,1-2H2;4*2H,1H3;;;;;;;/q;;;;;;;;;;;;;;;;;;;;;;;4*+3;3*+5/p-27. The van der Waals surface area contributed by atoms with Gasteiger partial charge < -0.3 is 0 Å². The predicted octanol–water partition coefficient (Wildman–Crippen LogP) is 25.6. The third-order valence-corrected chi connectivity index (χ3v) is 359. The molecule has 0 aliphatic carbocycles. The van der Waals surface area contributed by atoms with E-state index in [0.29, 0.717) is 0 Å². The zero-order valence-electron chi connectivity index (χ0n) is 59.8. The Labute approximate surface area is 812 Å². The first-order chi connectivity index (χ1) is 51.8. The Bertz CT molecular complexity index is 2260. The van der Waals surface area contributed by atoms with E-state index in [1.165, 1.54) is 219 Å². The molecule has 18 aliphatic rings. The molecule has 18 aliphatic heterocycles. The minimum absolute atomic E-state index is 0.768. The molecule has 0 bridgehead atoms. The molecule has 18 saturated heterocycles. The van der Waals surface area contributed by atoms with Crippen LogP contribution in [0, 0.1) is 0 Å². The summed E-state index contributed by atoms with van der Waals surface area (Å²) < 4.78 is 0. The van der Waals surface area contributed by atoms with Crippen LogP contribution in [-0.2, 0) is 0 Å². The molecule has 18 heterocycles. The van der Waals surface area contributed by atoms with Crippen molar-refractivity contribution in [3.05, 3.63) is 0 Å². The van der Waals surface area contributed by atoms with Gasteiger partial charge in [0.25, 0.3) is 0 Å². The van der Waals surface area contributed by atoms with Crippen molar-refractivity contribution in [1.29, 1.82) is 0 Å². The average Bonchev–Trinajstić information content (AvgIpc) is 1.30. The van der Waals surface area contributed by atoms with Gasteiger partial charge in [-0.15, -0.1) is 0 Å². The van der Waals surface area contributed by atoms with Gasteiger partial charge in [-0.25, -0.2) is 0 Å². The van der Waals surface area contributed by atoms with E-state index in [-0.39, 0.29) is 0 Å². The van der Waals surface area contributed by atoms with Crippen LogP contribution < -0.4 is 0 Å². The summed E-state index contributed by atoms with van der Waals surface area (Å²) in [5, 5.41) is 15.0. The Balaban J connectivity index is 0.000000114. The van der Waals surface area contributed by atoms with Crippen molar-refractivity contribution in [2.45, 2.75) is 78.7 Å². The van der Waals surface area contributed by atoms with Crippen molar-refractivity contribution in [2.75, 3.05) is 244 Å². The average molecular weight is 2990 g/mol. The minimum atomic E-state index is -2.90. The van der Waals surface area contributed by atoms with Gasteiger partial charge in [-0.2, -0.15) is 0 Å². The van der Waals surface area contributed by atoms with Crippen molar-refractivity contribution < 1.29 is 0 Å². The first kappa shape index (κ1) is 104. The van der Waals surface area contributed by atoms with Crippen LogP contribution in [0.15, 0.2) is 0 Å². The molecule has 0 nitrogen and oxygen atoms in total. The molecule has 49 heteroatoms. The van der Waals surface area contributed by atoms with E-state index in [1.807, 2.05) is 0 Å². The summed E-state index contributed by atoms with van der Waals surface area (Å²) in [6, 6.07) is 0. The van der Waals surface area contributed by atoms with Crippen LogP contribution in [-0.4, -0.2) is 418 Å². The second-order valence-corrected chi connectivity index (χ2v) is 305. The van der Waals surface area contributed by atoms with Crippen molar-refractivity contribution in [3.63, 3.8) is 0 Å². The summed E-state index contributed by atoms with van der Waals surface area (Å²) in [4.78, 5) is 0.